The van der Waals surface area contributed by atoms with E-state index >= 15 is 0 Å². The van der Waals surface area contributed by atoms with Crippen LogP contribution in [0.3, 0.4) is 0 Å². The number of fused-ring (bicyclic) bond motifs is 1. The first-order valence-electron chi connectivity index (χ1n) is 6.99. The number of hydrogen-bond donors (Lipinski definition) is 1. The summed E-state index contributed by atoms with van der Waals surface area (Å²) in [6.07, 6.45) is 0. The quantitative estimate of drug-likeness (QED) is 0.590. The standard InChI is InChI=1S/C16H11N3O3S2/c1-21-9-4-5-10-14(7-9)24-16(17-10)18-15(20)11-8-12(22-19-11)13-3-2-6-23-13/h2-8H,1H3,(H,17,18,20). The molecule has 0 fully saturated rings. The number of thiophene rings is 1. The van der Waals surface area contributed by atoms with Crippen LogP contribution >= 0.6 is 22.7 Å². The van der Waals surface area contributed by atoms with Crippen LogP contribution in [0.25, 0.3) is 20.9 Å². The minimum absolute atomic E-state index is 0.218. The number of hydrogen-bond acceptors (Lipinski definition) is 7. The molecule has 4 rings (SSSR count). The fourth-order valence-electron chi connectivity index (χ4n) is 2.16. The lowest BCUT2D eigenvalue weighted by Gasteiger charge is -1.96. The number of nitrogens with zero attached hydrogens (tertiary/aromatic N) is 2. The molecule has 3 aromatic heterocycles. The van der Waals surface area contributed by atoms with E-state index in [1.54, 1.807) is 13.2 Å². The number of aromatic nitrogens is 2. The van der Waals surface area contributed by atoms with Crippen molar-refractivity contribution in [3.63, 3.8) is 0 Å². The molecule has 0 aliphatic rings. The molecule has 0 saturated heterocycles. The van der Waals surface area contributed by atoms with E-state index in [4.69, 9.17) is 9.26 Å². The molecule has 8 heteroatoms. The molecule has 120 valence electrons. The first-order chi connectivity index (χ1) is 11.7. The summed E-state index contributed by atoms with van der Waals surface area (Å²) in [6, 6.07) is 11.0. The minimum atomic E-state index is -0.354. The molecule has 0 atom stereocenters. The molecule has 1 aromatic carbocycles. The number of thiazole rings is 1. The smallest absolute Gasteiger partial charge is 0.279 e. The molecule has 1 N–H and O–H groups in total. The molecular weight excluding hydrogens is 346 g/mol. The van der Waals surface area contributed by atoms with Gasteiger partial charge in [-0.3, -0.25) is 10.1 Å². The van der Waals surface area contributed by atoms with Crippen LogP contribution in [0.1, 0.15) is 10.5 Å². The van der Waals surface area contributed by atoms with Gasteiger partial charge < -0.3 is 9.26 Å². The van der Waals surface area contributed by atoms with E-state index in [-0.39, 0.29) is 11.6 Å². The highest BCUT2D eigenvalue weighted by molar-refractivity contribution is 7.22. The maximum absolute atomic E-state index is 12.3. The Morgan fingerprint density at radius 3 is 3.00 bits per heavy atom. The zero-order valence-electron chi connectivity index (χ0n) is 12.5. The highest BCUT2D eigenvalue weighted by Gasteiger charge is 2.16. The predicted molar refractivity (Wildman–Crippen MR) is 93.9 cm³/mol. The fourth-order valence-corrected chi connectivity index (χ4v) is 3.73. The number of nitrogens with one attached hydrogen (secondary N) is 1. The van der Waals surface area contributed by atoms with Crippen molar-refractivity contribution in [3.05, 3.63) is 47.5 Å². The fraction of sp³-hybridized carbons (Fsp3) is 0.0625. The van der Waals surface area contributed by atoms with Crippen molar-refractivity contribution in [2.24, 2.45) is 0 Å². The second-order valence-electron chi connectivity index (χ2n) is 4.86. The van der Waals surface area contributed by atoms with E-state index in [2.05, 4.69) is 15.5 Å². The van der Waals surface area contributed by atoms with Crippen LogP contribution in [0.15, 0.2) is 46.3 Å². The Balaban J connectivity index is 1.55. The third kappa shape index (κ3) is 2.77. The second-order valence-corrected chi connectivity index (χ2v) is 6.84. The number of ether oxygens (including phenoxy) is 1. The van der Waals surface area contributed by atoms with E-state index in [1.807, 2.05) is 35.7 Å². The summed E-state index contributed by atoms with van der Waals surface area (Å²) in [5, 5.41) is 9.02. The maximum atomic E-state index is 12.3. The average Bonchev–Trinajstić information content (AvgIpc) is 3.32. The van der Waals surface area contributed by atoms with Crippen molar-refractivity contribution in [1.29, 1.82) is 0 Å². The SMILES string of the molecule is COc1ccc2nc(NC(=O)c3cc(-c4cccs4)on3)sc2c1. The zero-order valence-corrected chi connectivity index (χ0v) is 14.1. The molecule has 24 heavy (non-hydrogen) atoms. The van der Waals surface area contributed by atoms with Gasteiger partial charge in [-0.1, -0.05) is 22.6 Å². The molecule has 0 radical (unpaired) electrons. The average molecular weight is 357 g/mol. The topological polar surface area (TPSA) is 77.2 Å². The number of amides is 1. The summed E-state index contributed by atoms with van der Waals surface area (Å²) in [5.41, 5.74) is 1.02. The van der Waals surface area contributed by atoms with Gasteiger partial charge in [-0.2, -0.15) is 0 Å². The third-order valence-electron chi connectivity index (χ3n) is 3.32. The van der Waals surface area contributed by atoms with E-state index < -0.39 is 0 Å². The van der Waals surface area contributed by atoms with Gasteiger partial charge >= 0.3 is 0 Å². The molecular formula is C16H11N3O3S2. The summed E-state index contributed by atoms with van der Waals surface area (Å²) >= 11 is 2.90. The van der Waals surface area contributed by atoms with Gasteiger partial charge in [0.25, 0.3) is 5.91 Å². The van der Waals surface area contributed by atoms with Gasteiger partial charge in [-0.15, -0.1) is 11.3 Å². The van der Waals surface area contributed by atoms with Crippen LogP contribution in [-0.2, 0) is 0 Å². The van der Waals surface area contributed by atoms with Gasteiger partial charge in [0.15, 0.2) is 16.6 Å². The Morgan fingerprint density at radius 1 is 1.29 bits per heavy atom. The summed E-state index contributed by atoms with van der Waals surface area (Å²) < 4.78 is 11.3. The lowest BCUT2D eigenvalue weighted by Crippen LogP contribution is -2.11. The molecule has 0 aliphatic carbocycles. The van der Waals surface area contributed by atoms with Crippen LogP contribution in [0.5, 0.6) is 5.75 Å². The number of rotatable bonds is 4. The number of carbonyl (C=O) groups excluding carboxylic acids is 1. The number of benzene rings is 1. The van der Waals surface area contributed by atoms with Crippen molar-refractivity contribution in [2.45, 2.75) is 0 Å². The molecule has 1 amide bonds. The monoisotopic (exact) mass is 357 g/mol. The van der Waals surface area contributed by atoms with Crippen molar-refractivity contribution >= 4 is 43.9 Å². The summed E-state index contributed by atoms with van der Waals surface area (Å²) in [4.78, 5) is 17.6. The summed E-state index contributed by atoms with van der Waals surface area (Å²) in [5.74, 6) is 0.970. The second kappa shape index (κ2) is 6.06. The Bertz CT molecular complexity index is 1000. The van der Waals surface area contributed by atoms with Crippen molar-refractivity contribution in [3.8, 4) is 16.4 Å². The van der Waals surface area contributed by atoms with Gasteiger partial charge in [-0.25, -0.2) is 4.98 Å². The van der Waals surface area contributed by atoms with E-state index in [1.165, 1.54) is 22.7 Å². The minimum Gasteiger partial charge on any atom is -0.497 e. The zero-order chi connectivity index (χ0) is 16.5. The first-order valence-corrected chi connectivity index (χ1v) is 8.69. The number of anilines is 1. The van der Waals surface area contributed by atoms with Gasteiger partial charge in [0.2, 0.25) is 0 Å². The lowest BCUT2D eigenvalue weighted by atomic mass is 10.3. The highest BCUT2D eigenvalue weighted by Crippen LogP contribution is 2.30. The molecule has 6 nitrogen and oxygen atoms in total. The van der Waals surface area contributed by atoms with Crippen molar-refractivity contribution in [2.75, 3.05) is 12.4 Å². The normalized spacial score (nSPS) is 10.9. The van der Waals surface area contributed by atoms with Crippen LogP contribution in [0.2, 0.25) is 0 Å². The number of methoxy groups -OCH3 is 1. The van der Waals surface area contributed by atoms with Crippen LogP contribution in [-0.4, -0.2) is 23.2 Å². The Labute approximate surface area is 144 Å². The number of carbonyl (C=O) groups is 1. The molecule has 4 aromatic rings. The van der Waals surface area contributed by atoms with E-state index in [0.717, 1.165) is 20.8 Å². The van der Waals surface area contributed by atoms with Crippen LogP contribution < -0.4 is 10.1 Å². The molecule has 0 spiro atoms. The Hall–Kier alpha value is -2.71. The molecule has 0 bridgehead atoms. The van der Waals surface area contributed by atoms with Gasteiger partial charge in [0.05, 0.1) is 22.2 Å². The van der Waals surface area contributed by atoms with Crippen molar-refractivity contribution < 1.29 is 14.1 Å². The van der Waals surface area contributed by atoms with E-state index in [0.29, 0.717) is 10.9 Å². The Morgan fingerprint density at radius 2 is 2.21 bits per heavy atom. The summed E-state index contributed by atoms with van der Waals surface area (Å²) in [7, 11) is 1.61. The van der Waals surface area contributed by atoms with Gasteiger partial charge in [0.1, 0.15) is 5.75 Å². The van der Waals surface area contributed by atoms with Crippen molar-refractivity contribution in [1.82, 2.24) is 10.1 Å². The maximum Gasteiger partial charge on any atom is 0.279 e. The largest absolute Gasteiger partial charge is 0.497 e. The van der Waals surface area contributed by atoms with E-state index in [9.17, 15) is 4.79 Å². The van der Waals surface area contributed by atoms with Gasteiger partial charge in [-0.05, 0) is 29.6 Å². The van der Waals surface area contributed by atoms with Crippen LogP contribution in [0, 0.1) is 0 Å². The summed E-state index contributed by atoms with van der Waals surface area (Å²) in [6.45, 7) is 0. The third-order valence-corrected chi connectivity index (χ3v) is 5.14. The molecule has 0 aliphatic heterocycles. The molecule has 3 heterocycles. The van der Waals surface area contributed by atoms with Gasteiger partial charge in [0, 0.05) is 6.07 Å². The van der Waals surface area contributed by atoms with Crippen LogP contribution in [0.4, 0.5) is 5.13 Å². The lowest BCUT2D eigenvalue weighted by molar-refractivity contribution is 0.101. The molecule has 0 saturated carbocycles. The molecule has 0 unspecified atom stereocenters. The Kier molecular flexibility index (Phi) is 3.75. The predicted octanol–water partition coefficient (Wildman–Crippen LogP) is 4.27. The highest BCUT2D eigenvalue weighted by atomic mass is 32.1. The first kappa shape index (κ1) is 14.9.